The number of nitrogens with zero attached hydrogens (tertiary/aromatic N) is 1. The number of carbonyl (C=O) groups is 2. The van der Waals surface area contributed by atoms with Gasteiger partial charge in [0.2, 0.25) is 5.91 Å². The molecule has 2 aliphatic rings. The molecule has 4 heteroatoms. The van der Waals surface area contributed by atoms with Gasteiger partial charge in [0.25, 0.3) is 0 Å². The van der Waals surface area contributed by atoms with Crippen LogP contribution >= 0.6 is 0 Å². The first-order valence-electron chi connectivity index (χ1n) is 10.2. The Labute approximate surface area is 147 Å². The topological polar surface area (TPSA) is 46.6 Å². The van der Waals surface area contributed by atoms with Gasteiger partial charge in [0.15, 0.2) is 0 Å². The van der Waals surface area contributed by atoms with Gasteiger partial charge in [0.05, 0.1) is 13.0 Å². The lowest BCUT2D eigenvalue weighted by Gasteiger charge is -2.36. The summed E-state index contributed by atoms with van der Waals surface area (Å²) in [7, 11) is 0. The number of hydrogen-bond acceptors (Lipinski definition) is 3. The highest BCUT2D eigenvalue weighted by Crippen LogP contribution is 2.29. The van der Waals surface area contributed by atoms with Crippen molar-refractivity contribution >= 4 is 11.9 Å². The smallest absolute Gasteiger partial charge is 0.307 e. The van der Waals surface area contributed by atoms with Crippen molar-refractivity contribution in [3.8, 4) is 0 Å². The fourth-order valence-corrected chi connectivity index (χ4v) is 4.25. The fourth-order valence-electron chi connectivity index (χ4n) is 4.25. The monoisotopic (exact) mass is 337 g/mol. The summed E-state index contributed by atoms with van der Waals surface area (Å²) in [6.45, 7) is 2.79. The summed E-state index contributed by atoms with van der Waals surface area (Å²) in [5.74, 6) is 0.320. The third kappa shape index (κ3) is 6.10. The molecule has 4 nitrogen and oxygen atoms in total. The number of ether oxygens (including phenoxy) is 1. The lowest BCUT2D eigenvalue weighted by molar-refractivity contribution is -0.145. The molecule has 0 unspecified atom stereocenters. The average molecular weight is 338 g/mol. The molecule has 0 atom stereocenters. The Morgan fingerprint density at radius 1 is 0.875 bits per heavy atom. The molecule has 0 aromatic carbocycles. The van der Waals surface area contributed by atoms with Crippen LogP contribution in [-0.4, -0.2) is 36.0 Å². The van der Waals surface area contributed by atoms with Crippen molar-refractivity contribution < 1.29 is 14.3 Å². The van der Waals surface area contributed by atoms with Crippen molar-refractivity contribution in [2.24, 2.45) is 5.92 Å². The minimum atomic E-state index is -0.176. The first-order chi connectivity index (χ1) is 11.7. The molecular weight excluding hydrogens is 302 g/mol. The predicted octanol–water partition coefficient (Wildman–Crippen LogP) is 4.46. The zero-order valence-corrected chi connectivity index (χ0v) is 15.4. The van der Waals surface area contributed by atoms with Crippen LogP contribution in [0.5, 0.6) is 0 Å². The molecule has 0 aromatic heterocycles. The summed E-state index contributed by atoms with van der Waals surface area (Å²) in [6, 6.07) is 0.328. The second kappa shape index (κ2) is 10.7. The minimum absolute atomic E-state index is 0.176. The van der Waals surface area contributed by atoms with E-state index in [1.807, 2.05) is 6.92 Å². The first kappa shape index (κ1) is 19.3. The minimum Gasteiger partial charge on any atom is -0.466 e. The quantitative estimate of drug-likeness (QED) is 0.672. The highest BCUT2D eigenvalue weighted by Gasteiger charge is 2.30. The molecule has 0 N–H and O–H groups in total. The van der Waals surface area contributed by atoms with Crippen LogP contribution < -0.4 is 0 Å². The van der Waals surface area contributed by atoms with E-state index in [9.17, 15) is 9.59 Å². The van der Waals surface area contributed by atoms with Gasteiger partial charge in [0, 0.05) is 18.5 Å². The van der Waals surface area contributed by atoms with Crippen LogP contribution in [0.2, 0.25) is 0 Å². The van der Waals surface area contributed by atoms with E-state index in [1.54, 1.807) is 0 Å². The Balaban J connectivity index is 2.00. The Morgan fingerprint density at radius 3 is 2.04 bits per heavy atom. The van der Waals surface area contributed by atoms with E-state index in [0.29, 0.717) is 31.5 Å². The second-order valence-corrected chi connectivity index (χ2v) is 7.42. The Bertz CT molecular complexity index is 382. The van der Waals surface area contributed by atoms with Crippen LogP contribution in [0.25, 0.3) is 0 Å². The van der Waals surface area contributed by atoms with E-state index in [1.165, 1.54) is 51.4 Å². The van der Waals surface area contributed by atoms with Gasteiger partial charge in [-0.3, -0.25) is 9.59 Å². The number of carbonyl (C=O) groups excluding carboxylic acids is 2. The maximum atomic E-state index is 13.1. The lowest BCUT2D eigenvalue weighted by atomic mass is 9.87. The standard InChI is InChI=1S/C20H35NO3/c1-2-24-19(22)15-16-21(18-13-9-4-3-5-10-14-18)20(23)17-11-7-6-8-12-17/h17-18H,2-16H2,1H3. The molecule has 138 valence electrons. The Kier molecular flexibility index (Phi) is 8.62. The molecule has 1 amide bonds. The van der Waals surface area contributed by atoms with Gasteiger partial charge in [-0.05, 0) is 32.6 Å². The molecule has 0 radical (unpaired) electrons. The third-order valence-electron chi connectivity index (χ3n) is 5.62. The van der Waals surface area contributed by atoms with E-state index in [2.05, 4.69) is 4.90 Å². The first-order valence-corrected chi connectivity index (χ1v) is 10.2. The van der Waals surface area contributed by atoms with Crippen molar-refractivity contribution in [3.63, 3.8) is 0 Å². The average Bonchev–Trinajstić information content (AvgIpc) is 2.57. The maximum Gasteiger partial charge on any atom is 0.307 e. The van der Waals surface area contributed by atoms with Gasteiger partial charge in [-0.2, -0.15) is 0 Å². The van der Waals surface area contributed by atoms with Gasteiger partial charge >= 0.3 is 5.97 Å². The molecule has 2 fully saturated rings. The Hall–Kier alpha value is -1.06. The van der Waals surface area contributed by atoms with Crippen molar-refractivity contribution in [1.82, 2.24) is 4.90 Å². The molecule has 0 saturated heterocycles. The normalized spacial score (nSPS) is 20.9. The van der Waals surface area contributed by atoms with Gasteiger partial charge in [-0.15, -0.1) is 0 Å². The molecule has 24 heavy (non-hydrogen) atoms. The molecule has 2 aliphatic carbocycles. The lowest BCUT2D eigenvalue weighted by Crippen LogP contribution is -2.45. The van der Waals surface area contributed by atoms with Gasteiger partial charge in [-0.25, -0.2) is 0 Å². The zero-order valence-electron chi connectivity index (χ0n) is 15.4. The summed E-state index contributed by atoms with van der Waals surface area (Å²) >= 11 is 0. The molecule has 0 spiro atoms. The Morgan fingerprint density at radius 2 is 1.42 bits per heavy atom. The van der Waals surface area contributed by atoms with Crippen molar-refractivity contribution in [2.45, 2.75) is 96.4 Å². The zero-order chi connectivity index (χ0) is 17.2. The van der Waals surface area contributed by atoms with E-state index in [0.717, 1.165) is 25.7 Å². The van der Waals surface area contributed by atoms with Crippen LogP contribution in [0.3, 0.4) is 0 Å². The van der Waals surface area contributed by atoms with Crippen molar-refractivity contribution in [3.05, 3.63) is 0 Å². The molecule has 0 bridgehead atoms. The van der Waals surface area contributed by atoms with Crippen molar-refractivity contribution in [2.75, 3.05) is 13.2 Å². The summed E-state index contributed by atoms with van der Waals surface area (Å²) in [5.41, 5.74) is 0. The molecule has 2 saturated carbocycles. The molecule has 0 heterocycles. The second-order valence-electron chi connectivity index (χ2n) is 7.42. The fraction of sp³-hybridized carbons (Fsp3) is 0.900. The van der Waals surface area contributed by atoms with E-state index < -0.39 is 0 Å². The number of esters is 1. The molecular formula is C20H35NO3. The van der Waals surface area contributed by atoms with E-state index in [4.69, 9.17) is 4.74 Å². The number of rotatable bonds is 6. The SMILES string of the molecule is CCOC(=O)CCN(C(=O)C1CCCCC1)C1CCCCCCC1. The van der Waals surface area contributed by atoms with E-state index in [-0.39, 0.29) is 11.9 Å². The van der Waals surface area contributed by atoms with Gasteiger partial charge < -0.3 is 9.64 Å². The molecule has 0 aromatic rings. The highest BCUT2D eigenvalue weighted by atomic mass is 16.5. The maximum absolute atomic E-state index is 13.1. The predicted molar refractivity (Wildman–Crippen MR) is 95.6 cm³/mol. The summed E-state index contributed by atoms with van der Waals surface area (Å²) in [6.07, 6.45) is 14.5. The van der Waals surface area contributed by atoms with Gasteiger partial charge in [0.1, 0.15) is 0 Å². The summed E-state index contributed by atoms with van der Waals surface area (Å²) in [5, 5.41) is 0. The van der Waals surface area contributed by atoms with E-state index >= 15 is 0 Å². The molecule has 2 rings (SSSR count). The third-order valence-corrected chi connectivity index (χ3v) is 5.62. The van der Waals surface area contributed by atoms with Crippen LogP contribution in [0.4, 0.5) is 0 Å². The largest absolute Gasteiger partial charge is 0.466 e. The van der Waals surface area contributed by atoms with Crippen molar-refractivity contribution in [1.29, 1.82) is 0 Å². The number of hydrogen-bond donors (Lipinski definition) is 0. The number of amides is 1. The van der Waals surface area contributed by atoms with Crippen LogP contribution in [0.1, 0.15) is 90.4 Å². The highest BCUT2D eigenvalue weighted by molar-refractivity contribution is 5.80. The van der Waals surface area contributed by atoms with Crippen LogP contribution in [0.15, 0.2) is 0 Å². The summed E-state index contributed by atoms with van der Waals surface area (Å²) in [4.78, 5) is 27.0. The van der Waals surface area contributed by atoms with Crippen LogP contribution in [0, 0.1) is 5.92 Å². The van der Waals surface area contributed by atoms with Gasteiger partial charge in [-0.1, -0.05) is 51.4 Å². The molecule has 0 aliphatic heterocycles. The van der Waals surface area contributed by atoms with Crippen LogP contribution in [-0.2, 0) is 14.3 Å². The summed E-state index contributed by atoms with van der Waals surface area (Å²) < 4.78 is 5.07.